The Hall–Kier alpha value is -1.92. The number of hydrogen-bond acceptors (Lipinski definition) is 9. The number of halogens is 1. The van der Waals surface area contributed by atoms with Gasteiger partial charge in [0.1, 0.15) is 17.1 Å². The van der Waals surface area contributed by atoms with E-state index in [4.69, 9.17) is 14.2 Å². The lowest BCUT2D eigenvalue weighted by Crippen LogP contribution is -2.71. The SMILES string of the molecule is COCC1=C(C(=O)OC(C)OC(=O)C(C)(C)C)N2C(=O)C(NC(=O)C(Br)C(C)=O)[C@@H]2SC1. The Morgan fingerprint density at radius 3 is 2.41 bits per heavy atom. The number of alkyl halides is 1. The molecular formula is C20H27BrN2O8S. The Bertz CT molecular complexity index is 853. The number of fused-ring (bicyclic) bond motifs is 1. The lowest BCUT2D eigenvalue weighted by molar-refractivity contribution is -0.190. The van der Waals surface area contributed by atoms with E-state index in [2.05, 4.69) is 21.2 Å². The number of carbonyl (C=O) groups is 5. The molecule has 0 radical (unpaired) electrons. The molecule has 0 aliphatic carbocycles. The molecule has 0 aromatic carbocycles. The summed E-state index contributed by atoms with van der Waals surface area (Å²) in [4.78, 5) is 61.5. The second kappa shape index (κ2) is 10.3. The summed E-state index contributed by atoms with van der Waals surface area (Å²) in [6.45, 7) is 7.76. The second-order valence-corrected chi connectivity index (χ2v) is 10.4. The molecule has 12 heteroatoms. The number of nitrogens with one attached hydrogen (secondary N) is 1. The van der Waals surface area contributed by atoms with Crippen molar-refractivity contribution >= 4 is 57.2 Å². The monoisotopic (exact) mass is 534 g/mol. The Morgan fingerprint density at radius 1 is 1.25 bits per heavy atom. The number of methoxy groups -OCH3 is 1. The van der Waals surface area contributed by atoms with Gasteiger partial charge in [0.15, 0.2) is 10.6 Å². The number of ketones is 1. The number of Topliss-reactive ketones (excluding diaryl/α,β-unsaturated/α-hetero) is 1. The van der Waals surface area contributed by atoms with E-state index < -0.39 is 57.5 Å². The van der Waals surface area contributed by atoms with Gasteiger partial charge in [-0.3, -0.25) is 24.1 Å². The zero-order valence-electron chi connectivity index (χ0n) is 18.7. The van der Waals surface area contributed by atoms with Crippen LogP contribution in [0.15, 0.2) is 11.3 Å². The van der Waals surface area contributed by atoms with E-state index in [1.165, 1.54) is 37.6 Å². The Kier molecular flexibility index (Phi) is 8.51. The summed E-state index contributed by atoms with van der Waals surface area (Å²) in [6, 6.07) is -0.894. The number of esters is 2. The molecular weight excluding hydrogens is 508 g/mol. The van der Waals surface area contributed by atoms with Crippen molar-refractivity contribution in [3.8, 4) is 0 Å². The number of carbonyl (C=O) groups excluding carboxylic acids is 5. The van der Waals surface area contributed by atoms with Crippen LogP contribution in [0.2, 0.25) is 0 Å². The molecule has 2 aliphatic rings. The van der Waals surface area contributed by atoms with E-state index in [-0.39, 0.29) is 12.3 Å². The zero-order valence-corrected chi connectivity index (χ0v) is 21.1. The van der Waals surface area contributed by atoms with Crippen LogP contribution in [0.5, 0.6) is 0 Å². The molecule has 0 saturated carbocycles. The van der Waals surface area contributed by atoms with Gasteiger partial charge in [-0.15, -0.1) is 11.8 Å². The summed E-state index contributed by atoms with van der Waals surface area (Å²) >= 11 is 4.34. The molecule has 0 aromatic heterocycles. The van der Waals surface area contributed by atoms with Crippen molar-refractivity contribution in [2.24, 2.45) is 5.41 Å². The number of ether oxygens (including phenoxy) is 3. The largest absolute Gasteiger partial charge is 0.425 e. The van der Waals surface area contributed by atoms with Crippen molar-refractivity contribution in [2.45, 2.75) is 57.2 Å². The molecule has 3 unspecified atom stereocenters. The van der Waals surface area contributed by atoms with Crippen LogP contribution in [0, 0.1) is 5.41 Å². The minimum Gasteiger partial charge on any atom is -0.425 e. The lowest BCUT2D eigenvalue weighted by atomic mass is 9.97. The average molecular weight is 535 g/mol. The van der Waals surface area contributed by atoms with E-state index in [0.29, 0.717) is 11.3 Å². The number of thioether (sulfide) groups is 1. The first-order valence-corrected chi connectivity index (χ1v) is 11.8. The molecule has 10 nitrogen and oxygen atoms in total. The maximum absolute atomic E-state index is 12.9. The summed E-state index contributed by atoms with van der Waals surface area (Å²) < 4.78 is 15.6. The topological polar surface area (TPSA) is 128 Å². The third-order valence-corrected chi connectivity index (χ3v) is 7.00. The van der Waals surface area contributed by atoms with Crippen molar-refractivity contribution in [1.29, 1.82) is 0 Å². The van der Waals surface area contributed by atoms with Crippen LogP contribution in [-0.4, -0.2) is 76.4 Å². The van der Waals surface area contributed by atoms with Crippen LogP contribution in [-0.2, 0) is 38.2 Å². The highest BCUT2D eigenvalue weighted by Gasteiger charge is 2.55. The van der Waals surface area contributed by atoms with Gasteiger partial charge in [0.2, 0.25) is 12.2 Å². The van der Waals surface area contributed by atoms with E-state index in [1.807, 2.05) is 0 Å². The van der Waals surface area contributed by atoms with Gasteiger partial charge in [-0.25, -0.2) is 4.79 Å². The van der Waals surface area contributed by atoms with Crippen LogP contribution >= 0.6 is 27.7 Å². The highest BCUT2D eigenvalue weighted by molar-refractivity contribution is 9.10. The highest BCUT2D eigenvalue weighted by Crippen LogP contribution is 2.41. The smallest absolute Gasteiger partial charge is 0.358 e. The van der Waals surface area contributed by atoms with Crippen LogP contribution < -0.4 is 5.32 Å². The third-order valence-electron chi connectivity index (χ3n) is 4.60. The molecule has 1 N–H and O–H groups in total. The van der Waals surface area contributed by atoms with E-state index in [0.717, 1.165) is 0 Å². The van der Waals surface area contributed by atoms with Crippen LogP contribution in [0.1, 0.15) is 34.6 Å². The number of nitrogens with zero attached hydrogens (tertiary/aromatic N) is 1. The van der Waals surface area contributed by atoms with Crippen molar-refractivity contribution in [3.05, 3.63) is 11.3 Å². The molecule has 4 atom stereocenters. The van der Waals surface area contributed by atoms with E-state index in [9.17, 15) is 24.0 Å². The Balaban J connectivity index is 2.17. The summed E-state index contributed by atoms with van der Waals surface area (Å²) in [5, 5.41) is 1.99. The number of β-lactam (4-membered cyclic amide) rings is 1. The van der Waals surface area contributed by atoms with E-state index in [1.54, 1.807) is 20.8 Å². The van der Waals surface area contributed by atoms with Gasteiger partial charge in [0.25, 0.3) is 5.91 Å². The summed E-state index contributed by atoms with van der Waals surface area (Å²) in [7, 11) is 1.46. The first kappa shape index (κ1) is 26.3. The van der Waals surface area contributed by atoms with Gasteiger partial charge >= 0.3 is 11.9 Å². The quantitative estimate of drug-likeness (QED) is 0.160. The number of rotatable bonds is 8. The van der Waals surface area contributed by atoms with Gasteiger partial charge in [-0.05, 0) is 33.3 Å². The molecule has 2 aliphatic heterocycles. The molecule has 2 amide bonds. The standard InChI is InChI=1S/C20H27BrN2O8S/c1-9(24)12(21)15(25)22-13-16(26)23-14(11(7-29-6)8-32-17(13)23)18(27)30-10(2)31-19(28)20(3,4)5/h10,12-13,17H,7-8H2,1-6H3,(H,22,25)/t10?,12?,13?,17-/m0/s1. The van der Waals surface area contributed by atoms with Crippen LogP contribution in [0.4, 0.5) is 0 Å². The molecule has 2 heterocycles. The summed E-state index contributed by atoms with van der Waals surface area (Å²) in [6.07, 6.45) is -1.17. The molecule has 178 valence electrons. The number of hydrogen-bond donors (Lipinski definition) is 1. The molecule has 1 fully saturated rings. The van der Waals surface area contributed by atoms with E-state index >= 15 is 0 Å². The van der Waals surface area contributed by atoms with Gasteiger partial charge < -0.3 is 19.5 Å². The molecule has 0 aromatic rings. The normalized spacial score (nSPS) is 22.3. The Morgan fingerprint density at radius 2 is 1.88 bits per heavy atom. The van der Waals surface area contributed by atoms with Gasteiger partial charge in [-0.2, -0.15) is 0 Å². The van der Waals surface area contributed by atoms with Crippen molar-refractivity contribution < 1.29 is 38.2 Å². The molecule has 1 saturated heterocycles. The van der Waals surface area contributed by atoms with Gasteiger partial charge in [-0.1, -0.05) is 15.9 Å². The fourth-order valence-electron chi connectivity index (χ4n) is 2.93. The second-order valence-electron chi connectivity index (χ2n) is 8.38. The predicted molar refractivity (Wildman–Crippen MR) is 118 cm³/mol. The van der Waals surface area contributed by atoms with Crippen molar-refractivity contribution in [3.63, 3.8) is 0 Å². The van der Waals surface area contributed by atoms with Gasteiger partial charge in [0, 0.05) is 19.8 Å². The maximum Gasteiger partial charge on any atom is 0.358 e. The average Bonchev–Trinajstić information content (AvgIpc) is 2.69. The lowest BCUT2D eigenvalue weighted by Gasteiger charge is -2.49. The zero-order chi connectivity index (χ0) is 24.4. The summed E-state index contributed by atoms with van der Waals surface area (Å²) in [5.74, 6) is -2.56. The number of amides is 2. The van der Waals surface area contributed by atoms with Crippen molar-refractivity contribution in [2.75, 3.05) is 19.5 Å². The molecule has 2 rings (SSSR count). The summed E-state index contributed by atoms with van der Waals surface area (Å²) in [5.41, 5.74) is -0.236. The maximum atomic E-state index is 12.9. The highest BCUT2D eigenvalue weighted by atomic mass is 79.9. The molecule has 0 spiro atoms. The van der Waals surface area contributed by atoms with Crippen LogP contribution in [0.25, 0.3) is 0 Å². The van der Waals surface area contributed by atoms with Crippen LogP contribution in [0.3, 0.4) is 0 Å². The first-order chi connectivity index (χ1) is 14.8. The molecule has 32 heavy (non-hydrogen) atoms. The first-order valence-electron chi connectivity index (χ1n) is 9.82. The minimum absolute atomic E-state index is 0.00622. The van der Waals surface area contributed by atoms with Crippen molar-refractivity contribution in [1.82, 2.24) is 10.2 Å². The fourth-order valence-corrected chi connectivity index (χ4v) is 4.39. The minimum atomic E-state index is -1.17. The predicted octanol–water partition coefficient (Wildman–Crippen LogP) is 1.12. The molecule has 0 bridgehead atoms. The van der Waals surface area contributed by atoms with Gasteiger partial charge in [0.05, 0.1) is 12.0 Å². The Labute approximate surface area is 198 Å². The third kappa shape index (κ3) is 5.70. The fraction of sp³-hybridized carbons (Fsp3) is 0.650.